The predicted octanol–water partition coefficient (Wildman–Crippen LogP) is 4.34. The molecule has 2 aromatic carbocycles. The molecule has 172 valence electrons. The fraction of sp³-hybridized carbons (Fsp3) is 0.320. The minimum Gasteiger partial charge on any atom is -0.497 e. The Labute approximate surface area is 196 Å². The van der Waals surface area contributed by atoms with E-state index in [1.807, 2.05) is 36.4 Å². The molecule has 7 nitrogen and oxygen atoms in total. The number of thiazole rings is 1. The van der Waals surface area contributed by atoms with Crippen molar-refractivity contribution < 1.29 is 14.2 Å². The number of fused-ring (bicyclic) bond motifs is 1. The Bertz CT molecular complexity index is 1330. The highest BCUT2D eigenvalue weighted by atomic mass is 32.1. The van der Waals surface area contributed by atoms with Crippen LogP contribution in [0.1, 0.15) is 38.2 Å². The van der Waals surface area contributed by atoms with E-state index in [-0.39, 0.29) is 5.56 Å². The molecule has 2 heterocycles. The van der Waals surface area contributed by atoms with Crippen molar-refractivity contribution in [2.75, 3.05) is 20.8 Å². The highest BCUT2D eigenvalue weighted by Gasteiger charge is 2.13. The standard InChI is InChI=1S/C25H27N3O4S/c1-4-5-6-7-14-32-19-11-8-17(9-12-19)23-26-25-28(27-23)24(29)22(33-25)15-18-10-13-20(30-2)16-21(18)31-3/h8-13,15-16H,4-7,14H2,1-3H3. The van der Waals surface area contributed by atoms with Crippen LogP contribution < -0.4 is 24.3 Å². The summed E-state index contributed by atoms with van der Waals surface area (Å²) in [5.41, 5.74) is 1.41. The number of benzene rings is 2. The van der Waals surface area contributed by atoms with Gasteiger partial charge in [-0.25, -0.2) is 0 Å². The number of hydrogen-bond donors (Lipinski definition) is 0. The Morgan fingerprint density at radius 2 is 1.79 bits per heavy atom. The summed E-state index contributed by atoms with van der Waals surface area (Å²) in [5, 5.41) is 4.43. The Morgan fingerprint density at radius 1 is 1.00 bits per heavy atom. The van der Waals surface area contributed by atoms with Crippen molar-refractivity contribution in [3.05, 3.63) is 62.9 Å². The Balaban J connectivity index is 1.54. The van der Waals surface area contributed by atoms with Gasteiger partial charge in [0.1, 0.15) is 17.2 Å². The molecule has 0 aliphatic carbocycles. The average molecular weight is 466 g/mol. The van der Waals surface area contributed by atoms with Gasteiger partial charge in [-0.2, -0.15) is 9.50 Å². The quantitative estimate of drug-likeness (QED) is 0.324. The van der Waals surface area contributed by atoms with E-state index in [1.54, 1.807) is 26.4 Å². The third-order valence-corrected chi connectivity index (χ3v) is 6.25. The van der Waals surface area contributed by atoms with Crippen LogP contribution in [0, 0.1) is 0 Å². The second-order valence-electron chi connectivity index (χ2n) is 7.59. The maximum Gasteiger partial charge on any atom is 0.291 e. The lowest BCUT2D eigenvalue weighted by atomic mass is 10.2. The van der Waals surface area contributed by atoms with Crippen molar-refractivity contribution in [1.29, 1.82) is 0 Å². The molecular weight excluding hydrogens is 438 g/mol. The second kappa shape index (κ2) is 10.5. The van der Waals surface area contributed by atoms with Gasteiger partial charge in [-0.15, -0.1) is 5.10 Å². The molecule has 0 saturated carbocycles. The Kier molecular flexibility index (Phi) is 7.24. The summed E-state index contributed by atoms with van der Waals surface area (Å²) in [6, 6.07) is 13.1. The van der Waals surface area contributed by atoms with Crippen LogP contribution >= 0.6 is 11.3 Å². The number of nitrogens with zero attached hydrogens (tertiary/aromatic N) is 3. The number of unbranched alkanes of at least 4 members (excludes halogenated alkanes) is 3. The topological polar surface area (TPSA) is 75.0 Å². The summed E-state index contributed by atoms with van der Waals surface area (Å²) in [6.45, 7) is 2.91. The van der Waals surface area contributed by atoms with E-state index in [1.165, 1.54) is 35.1 Å². The van der Waals surface area contributed by atoms with Crippen molar-refractivity contribution in [2.45, 2.75) is 32.6 Å². The van der Waals surface area contributed by atoms with Crippen LogP contribution in [0.4, 0.5) is 0 Å². The minimum absolute atomic E-state index is 0.210. The zero-order valence-electron chi connectivity index (χ0n) is 19.0. The van der Waals surface area contributed by atoms with Crippen LogP contribution in [-0.4, -0.2) is 35.4 Å². The van der Waals surface area contributed by atoms with Gasteiger partial charge < -0.3 is 14.2 Å². The minimum atomic E-state index is -0.210. The molecule has 0 radical (unpaired) electrons. The molecule has 0 saturated heterocycles. The van der Waals surface area contributed by atoms with Crippen molar-refractivity contribution in [3.8, 4) is 28.6 Å². The largest absolute Gasteiger partial charge is 0.497 e. The summed E-state index contributed by atoms with van der Waals surface area (Å²) in [6.07, 6.45) is 6.48. The van der Waals surface area contributed by atoms with E-state index < -0.39 is 0 Å². The molecule has 8 heteroatoms. The monoisotopic (exact) mass is 465 g/mol. The molecule has 0 amide bonds. The van der Waals surface area contributed by atoms with E-state index in [0.29, 0.717) is 26.8 Å². The third kappa shape index (κ3) is 5.17. The van der Waals surface area contributed by atoms with Crippen LogP contribution in [0.2, 0.25) is 0 Å². The first-order valence-corrected chi connectivity index (χ1v) is 11.8. The molecule has 33 heavy (non-hydrogen) atoms. The van der Waals surface area contributed by atoms with Gasteiger partial charge >= 0.3 is 0 Å². The summed E-state index contributed by atoms with van der Waals surface area (Å²) in [4.78, 5) is 18.0. The van der Waals surface area contributed by atoms with Gasteiger partial charge in [0, 0.05) is 17.2 Å². The first-order chi connectivity index (χ1) is 16.1. The molecule has 4 aromatic rings. The highest BCUT2D eigenvalue weighted by molar-refractivity contribution is 7.15. The number of methoxy groups -OCH3 is 2. The molecule has 0 fully saturated rings. The van der Waals surface area contributed by atoms with Gasteiger partial charge in [0.15, 0.2) is 5.82 Å². The smallest absolute Gasteiger partial charge is 0.291 e. The fourth-order valence-electron chi connectivity index (χ4n) is 3.45. The van der Waals surface area contributed by atoms with Gasteiger partial charge in [-0.1, -0.05) is 37.5 Å². The molecule has 0 atom stereocenters. The molecule has 0 bridgehead atoms. The van der Waals surface area contributed by atoms with Crippen molar-refractivity contribution >= 4 is 22.4 Å². The first-order valence-electron chi connectivity index (χ1n) is 11.0. The molecule has 0 aliphatic rings. The molecule has 0 spiro atoms. The Hall–Kier alpha value is -3.39. The van der Waals surface area contributed by atoms with E-state index in [2.05, 4.69) is 17.0 Å². The van der Waals surface area contributed by atoms with Gasteiger partial charge in [0.2, 0.25) is 4.96 Å². The average Bonchev–Trinajstić information content (AvgIpc) is 3.39. The normalized spacial score (nSPS) is 11.8. The zero-order valence-corrected chi connectivity index (χ0v) is 19.9. The van der Waals surface area contributed by atoms with E-state index in [9.17, 15) is 4.79 Å². The van der Waals surface area contributed by atoms with Gasteiger partial charge in [-0.05, 0) is 48.9 Å². The first kappa shape index (κ1) is 22.8. The van der Waals surface area contributed by atoms with Crippen LogP contribution in [0.15, 0.2) is 47.3 Å². The van der Waals surface area contributed by atoms with Crippen molar-refractivity contribution in [3.63, 3.8) is 0 Å². The van der Waals surface area contributed by atoms with Gasteiger partial charge in [0.05, 0.1) is 25.4 Å². The number of hydrogen-bond acceptors (Lipinski definition) is 7. The third-order valence-electron chi connectivity index (χ3n) is 5.29. The van der Waals surface area contributed by atoms with E-state index in [0.717, 1.165) is 29.9 Å². The van der Waals surface area contributed by atoms with Gasteiger partial charge in [0.25, 0.3) is 5.56 Å². The summed E-state index contributed by atoms with van der Waals surface area (Å²) in [5.74, 6) is 2.65. The maximum atomic E-state index is 12.9. The lowest BCUT2D eigenvalue weighted by molar-refractivity contribution is 0.305. The van der Waals surface area contributed by atoms with Crippen molar-refractivity contribution in [1.82, 2.24) is 14.6 Å². The number of rotatable bonds is 10. The van der Waals surface area contributed by atoms with Crippen LogP contribution in [-0.2, 0) is 0 Å². The maximum absolute atomic E-state index is 12.9. The predicted molar refractivity (Wildman–Crippen MR) is 131 cm³/mol. The second-order valence-corrected chi connectivity index (χ2v) is 8.60. The van der Waals surface area contributed by atoms with Crippen LogP contribution in [0.5, 0.6) is 17.2 Å². The zero-order chi connectivity index (χ0) is 23.2. The van der Waals surface area contributed by atoms with Crippen molar-refractivity contribution in [2.24, 2.45) is 0 Å². The molecule has 0 unspecified atom stereocenters. The SMILES string of the molecule is CCCCCCOc1ccc(-c2nc3sc(=Cc4ccc(OC)cc4OC)c(=O)n3n2)cc1. The molecule has 0 aliphatic heterocycles. The Morgan fingerprint density at radius 3 is 2.48 bits per heavy atom. The molecular formula is C25H27N3O4S. The molecule has 0 N–H and O–H groups in total. The van der Waals surface area contributed by atoms with Gasteiger partial charge in [-0.3, -0.25) is 4.79 Å². The molecule has 2 aromatic heterocycles. The number of aromatic nitrogens is 3. The summed E-state index contributed by atoms with van der Waals surface area (Å²) in [7, 11) is 3.18. The van der Waals surface area contributed by atoms with E-state index in [4.69, 9.17) is 14.2 Å². The summed E-state index contributed by atoms with van der Waals surface area (Å²) >= 11 is 1.29. The molecule has 4 rings (SSSR count). The van der Waals surface area contributed by atoms with Crippen LogP contribution in [0.3, 0.4) is 0 Å². The fourth-order valence-corrected chi connectivity index (χ4v) is 4.35. The van der Waals surface area contributed by atoms with Crippen LogP contribution in [0.25, 0.3) is 22.4 Å². The lowest BCUT2D eigenvalue weighted by Crippen LogP contribution is -2.23. The van der Waals surface area contributed by atoms with E-state index >= 15 is 0 Å². The number of ether oxygens (including phenoxy) is 3. The summed E-state index contributed by atoms with van der Waals surface area (Å²) < 4.78 is 18.3. The highest BCUT2D eigenvalue weighted by Crippen LogP contribution is 2.25. The lowest BCUT2D eigenvalue weighted by Gasteiger charge is -2.06.